The second-order valence-corrected chi connectivity index (χ2v) is 4.05. The molecule has 2 aliphatic heterocycles. The molecule has 1 N–H and O–H groups in total. The van der Waals surface area contributed by atoms with E-state index in [0.717, 1.165) is 9.65 Å². The van der Waals surface area contributed by atoms with Crippen molar-refractivity contribution in [3.05, 3.63) is 23.2 Å². The summed E-state index contributed by atoms with van der Waals surface area (Å²) in [6.45, 7) is 0. The number of nitrogens with one attached hydrogen (secondary N) is 1. The lowest BCUT2D eigenvalue weighted by molar-refractivity contribution is 0.446. The molecule has 1 atom stereocenters. The summed E-state index contributed by atoms with van der Waals surface area (Å²) < 4.78 is 1.05. The van der Waals surface area contributed by atoms with E-state index in [1.807, 2.05) is 24.9 Å². The Morgan fingerprint density at radius 1 is 1.75 bits per heavy atom. The lowest BCUT2D eigenvalue weighted by Gasteiger charge is -2.26. The summed E-state index contributed by atoms with van der Waals surface area (Å²) in [5, 5.41) is 4.31. The van der Waals surface area contributed by atoms with Crippen LogP contribution in [0.5, 0.6) is 0 Å². The standard InChI is InChI=1S/C7H8BrN3S/c1-12-7-6-10-4-5(8)11(6)3-2-9-7/h2-4,6,10H,1H3. The van der Waals surface area contributed by atoms with E-state index < -0.39 is 0 Å². The van der Waals surface area contributed by atoms with Gasteiger partial charge in [-0.05, 0) is 22.2 Å². The van der Waals surface area contributed by atoms with Gasteiger partial charge < -0.3 is 10.2 Å². The van der Waals surface area contributed by atoms with Crippen molar-refractivity contribution in [3.8, 4) is 0 Å². The highest BCUT2D eigenvalue weighted by Crippen LogP contribution is 2.26. The molecule has 12 heavy (non-hydrogen) atoms. The topological polar surface area (TPSA) is 27.6 Å². The molecule has 0 spiro atoms. The Balaban J connectivity index is 2.25. The predicted molar refractivity (Wildman–Crippen MR) is 55.9 cm³/mol. The third-order valence-electron chi connectivity index (χ3n) is 1.76. The Kier molecular flexibility index (Phi) is 2.14. The van der Waals surface area contributed by atoms with E-state index in [1.165, 1.54) is 0 Å². The number of fused-ring (bicyclic) bond motifs is 1. The van der Waals surface area contributed by atoms with Crippen LogP contribution in [0.15, 0.2) is 28.2 Å². The molecule has 2 heterocycles. The zero-order valence-corrected chi connectivity index (χ0v) is 8.89. The predicted octanol–water partition coefficient (Wildman–Crippen LogP) is 1.66. The average molecular weight is 246 g/mol. The van der Waals surface area contributed by atoms with Crippen molar-refractivity contribution < 1.29 is 0 Å². The molecule has 0 bridgehead atoms. The molecule has 64 valence electrons. The van der Waals surface area contributed by atoms with E-state index in [4.69, 9.17) is 0 Å². The van der Waals surface area contributed by atoms with E-state index in [0.29, 0.717) is 0 Å². The van der Waals surface area contributed by atoms with E-state index in [9.17, 15) is 0 Å². The Morgan fingerprint density at radius 2 is 2.58 bits per heavy atom. The minimum absolute atomic E-state index is 0.194. The maximum Gasteiger partial charge on any atom is 0.153 e. The summed E-state index contributed by atoms with van der Waals surface area (Å²) in [5.74, 6) is 0. The molecular weight excluding hydrogens is 238 g/mol. The number of halogens is 1. The van der Waals surface area contributed by atoms with Crippen molar-refractivity contribution in [1.29, 1.82) is 0 Å². The Morgan fingerprint density at radius 3 is 3.33 bits per heavy atom. The molecule has 0 aliphatic carbocycles. The van der Waals surface area contributed by atoms with Gasteiger partial charge in [0.1, 0.15) is 9.65 Å². The molecule has 3 nitrogen and oxygen atoms in total. The Hall–Kier alpha value is -0.420. The molecule has 5 heteroatoms. The number of thioether (sulfide) groups is 1. The van der Waals surface area contributed by atoms with Crippen LogP contribution in [0, 0.1) is 0 Å². The number of nitrogens with zero attached hydrogens (tertiary/aromatic N) is 2. The van der Waals surface area contributed by atoms with Crippen LogP contribution >= 0.6 is 27.7 Å². The van der Waals surface area contributed by atoms with Crippen molar-refractivity contribution >= 4 is 32.7 Å². The van der Waals surface area contributed by atoms with Crippen LogP contribution in [0.25, 0.3) is 0 Å². The largest absolute Gasteiger partial charge is 0.363 e. The molecule has 2 aliphatic rings. The zero-order chi connectivity index (χ0) is 8.55. The highest BCUT2D eigenvalue weighted by atomic mass is 79.9. The molecule has 0 saturated carbocycles. The third-order valence-corrected chi connectivity index (χ3v) is 3.14. The van der Waals surface area contributed by atoms with Crippen LogP contribution in [0.1, 0.15) is 0 Å². The lowest BCUT2D eigenvalue weighted by Crippen LogP contribution is -2.40. The highest BCUT2D eigenvalue weighted by molar-refractivity contribution is 9.11. The first-order valence-corrected chi connectivity index (χ1v) is 5.53. The summed E-state index contributed by atoms with van der Waals surface area (Å²) in [6.07, 6.45) is 7.92. The molecule has 1 unspecified atom stereocenters. The highest BCUT2D eigenvalue weighted by Gasteiger charge is 2.28. The fraction of sp³-hybridized carbons (Fsp3) is 0.286. The van der Waals surface area contributed by atoms with Crippen LogP contribution in [-0.2, 0) is 0 Å². The Labute approximate surface area is 83.7 Å². The molecule has 0 aromatic heterocycles. The molecule has 0 aromatic rings. The van der Waals surface area contributed by atoms with E-state index in [2.05, 4.69) is 31.1 Å². The first kappa shape index (κ1) is 8.19. The summed E-state index contributed by atoms with van der Waals surface area (Å²) in [6, 6.07) is 0. The number of aliphatic imine (C=N–C) groups is 1. The summed E-state index contributed by atoms with van der Waals surface area (Å²) >= 11 is 5.11. The van der Waals surface area contributed by atoms with Crippen LogP contribution in [0.4, 0.5) is 0 Å². The van der Waals surface area contributed by atoms with Gasteiger partial charge in [-0.1, -0.05) is 0 Å². The lowest BCUT2D eigenvalue weighted by atomic mass is 10.4. The van der Waals surface area contributed by atoms with Gasteiger partial charge in [0.05, 0.1) is 0 Å². The van der Waals surface area contributed by atoms with Crippen molar-refractivity contribution in [2.24, 2.45) is 4.99 Å². The van der Waals surface area contributed by atoms with Gasteiger partial charge in [-0.3, -0.25) is 0 Å². The third kappa shape index (κ3) is 1.17. The van der Waals surface area contributed by atoms with E-state index >= 15 is 0 Å². The fourth-order valence-electron chi connectivity index (χ4n) is 1.19. The quantitative estimate of drug-likeness (QED) is 0.659. The van der Waals surface area contributed by atoms with Gasteiger partial charge in [0.25, 0.3) is 0 Å². The monoisotopic (exact) mass is 245 g/mol. The van der Waals surface area contributed by atoms with Crippen molar-refractivity contribution in [3.63, 3.8) is 0 Å². The van der Waals surface area contributed by atoms with Gasteiger partial charge >= 0.3 is 0 Å². The molecule has 0 radical (unpaired) electrons. The zero-order valence-electron chi connectivity index (χ0n) is 6.49. The van der Waals surface area contributed by atoms with Crippen molar-refractivity contribution in [1.82, 2.24) is 10.2 Å². The summed E-state index contributed by atoms with van der Waals surface area (Å²) in [7, 11) is 0. The number of rotatable bonds is 0. The normalized spacial score (nSPS) is 26.2. The SMILES string of the molecule is CSC1=NC=CN2C(Br)=CNC12. The van der Waals surface area contributed by atoms with Gasteiger partial charge in [-0.25, -0.2) is 4.99 Å². The van der Waals surface area contributed by atoms with Crippen LogP contribution in [-0.4, -0.2) is 22.4 Å². The molecular formula is C7H8BrN3S. The van der Waals surface area contributed by atoms with E-state index in [1.54, 1.807) is 11.8 Å². The van der Waals surface area contributed by atoms with Gasteiger partial charge in [-0.2, -0.15) is 0 Å². The van der Waals surface area contributed by atoms with Crippen LogP contribution in [0.3, 0.4) is 0 Å². The Bertz CT molecular complexity index is 284. The van der Waals surface area contributed by atoms with Gasteiger partial charge in [0.15, 0.2) is 6.17 Å². The van der Waals surface area contributed by atoms with Crippen LogP contribution < -0.4 is 5.32 Å². The van der Waals surface area contributed by atoms with Crippen molar-refractivity contribution in [2.45, 2.75) is 6.17 Å². The second-order valence-electron chi connectivity index (χ2n) is 2.41. The van der Waals surface area contributed by atoms with E-state index in [-0.39, 0.29) is 6.17 Å². The number of hydrogen-bond donors (Lipinski definition) is 1. The molecule has 0 amide bonds. The second kappa shape index (κ2) is 3.14. The van der Waals surface area contributed by atoms with Crippen molar-refractivity contribution in [2.75, 3.05) is 6.26 Å². The molecule has 2 rings (SSSR count). The van der Waals surface area contributed by atoms with Gasteiger partial charge in [-0.15, -0.1) is 11.8 Å². The molecule has 0 saturated heterocycles. The minimum atomic E-state index is 0.194. The number of hydrogen-bond acceptors (Lipinski definition) is 4. The summed E-state index contributed by atoms with van der Waals surface area (Å²) in [5.41, 5.74) is 0. The first-order valence-electron chi connectivity index (χ1n) is 3.51. The maximum atomic E-state index is 4.27. The minimum Gasteiger partial charge on any atom is -0.363 e. The molecule has 0 fully saturated rings. The molecule has 0 aromatic carbocycles. The summed E-state index contributed by atoms with van der Waals surface area (Å²) in [4.78, 5) is 6.36. The van der Waals surface area contributed by atoms with Crippen LogP contribution in [0.2, 0.25) is 0 Å². The van der Waals surface area contributed by atoms with Gasteiger partial charge in [0, 0.05) is 18.6 Å². The van der Waals surface area contributed by atoms with Gasteiger partial charge in [0.2, 0.25) is 0 Å². The smallest absolute Gasteiger partial charge is 0.153 e. The maximum absolute atomic E-state index is 4.27. The first-order chi connectivity index (χ1) is 5.83. The average Bonchev–Trinajstić information content (AvgIpc) is 2.48. The fourth-order valence-corrected chi connectivity index (χ4v) is 2.21.